The van der Waals surface area contributed by atoms with Gasteiger partial charge in [-0.25, -0.2) is 13.4 Å². The molecule has 2 aromatic heterocycles. The third-order valence-corrected chi connectivity index (χ3v) is 9.76. The van der Waals surface area contributed by atoms with Gasteiger partial charge in [0.2, 0.25) is 11.8 Å². The van der Waals surface area contributed by atoms with Crippen LogP contribution in [0.2, 0.25) is 0 Å². The largest absolute Gasteiger partial charge is 0.439 e. The Morgan fingerprint density at radius 2 is 1.82 bits per heavy atom. The second-order valence-electron chi connectivity index (χ2n) is 10.8. The van der Waals surface area contributed by atoms with Gasteiger partial charge in [0.25, 0.3) is 0 Å². The van der Waals surface area contributed by atoms with Crippen molar-refractivity contribution in [3.05, 3.63) is 54.4 Å². The van der Waals surface area contributed by atoms with Crippen LogP contribution in [-0.2, 0) is 14.6 Å². The summed E-state index contributed by atoms with van der Waals surface area (Å²) in [5.41, 5.74) is 2.42. The molecule has 1 aromatic carbocycles. The summed E-state index contributed by atoms with van der Waals surface area (Å²) in [7, 11) is -2.96. The summed E-state index contributed by atoms with van der Waals surface area (Å²) in [6, 6.07) is 15.8. The van der Waals surface area contributed by atoms with Crippen LogP contribution in [0.15, 0.2) is 53.1 Å². The molecule has 0 spiro atoms. The Morgan fingerprint density at radius 3 is 2.49 bits per heavy atom. The Labute approximate surface area is 228 Å². The maximum atomic E-state index is 13.4. The summed E-state index contributed by atoms with van der Waals surface area (Å²) in [5, 5.41) is 12.5. The average molecular weight is 546 g/mol. The maximum Gasteiger partial charge on any atom is 0.245 e. The Balaban J connectivity index is 1.34. The summed E-state index contributed by atoms with van der Waals surface area (Å²) in [4.78, 5) is 24.8. The van der Waals surface area contributed by atoms with Gasteiger partial charge in [0, 0.05) is 42.4 Å². The number of nitriles is 1. The zero-order valence-electron chi connectivity index (χ0n) is 21.7. The van der Waals surface area contributed by atoms with E-state index in [1.54, 1.807) is 6.20 Å². The Kier molecular flexibility index (Phi) is 6.63. The van der Waals surface area contributed by atoms with Gasteiger partial charge in [0.15, 0.2) is 9.84 Å². The topological polar surface area (TPSA) is 129 Å². The van der Waals surface area contributed by atoms with Crippen molar-refractivity contribution in [3.63, 3.8) is 0 Å². The highest BCUT2D eigenvalue weighted by molar-refractivity contribution is 7.91. The lowest BCUT2D eigenvalue weighted by Gasteiger charge is -2.30. The highest BCUT2D eigenvalue weighted by Gasteiger charge is 2.47. The van der Waals surface area contributed by atoms with Crippen LogP contribution in [0, 0.1) is 17.2 Å². The van der Waals surface area contributed by atoms with E-state index in [1.807, 2.05) is 42.5 Å². The molecule has 0 radical (unpaired) electrons. The van der Waals surface area contributed by atoms with Gasteiger partial charge < -0.3 is 14.6 Å². The molecule has 1 aliphatic heterocycles. The molecule has 3 fully saturated rings. The van der Waals surface area contributed by atoms with Gasteiger partial charge in [-0.1, -0.05) is 31.0 Å². The first-order valence-corrected chi connectivity index (χ1v) is 15.4. The van der Waals surface area contributed by atoms with Crippen LogP contribution in [-0.4, -0.2) is 54.4 Å². The van der Waals surface area contributed by atoms with E-state index in [1.165, 1.54) is 0 Å². The average Bonchev–Trinajstić information content (AvgIpc) is 3.60. The summed E-state index contributed by atoms with van der Waals surface area (Å²) >= 11 is 0. The molecule has 0 unspecified atom stereocenters. The molecule has 1 N–H and O–H groups in total. The number of hydrogen-bond acceptors (Lipinski definition) is 8. The molecule has 2 atom stereocenters. The molecule has 2 saturated carbocycles. The van der Waals surface area contributed by atoms with E-state index in [2.05, 4.69) is 21.3 Å². The fourth-order valence-electron chi connectivity index (χ4n) is 5.67. The van der Waals surface area contributed by atoms with Crippen LogP contribution in [0.25, 0.3) is 22.8 Å². The second-order valence-corrected chi connectivity index (χ2v) is 13.1. The zero-order valence-corrected chi connectivity index (χ0v) is 22.5. The molecule has 6 rings (SSSR count). The zero-order chi connectivity index (χ0) is 27.0. The summed E-state index contributed by atoms with van der Waals surface area (Å²) < 4.78 is 30.1. The lowest BCUT2D eigenvalue weighted by atomic mass is 9.76. The molecule has 2 aliphatic carbocycles. The number of rotatable bonds is 6. The predicted molar refractivity (Wildman–Crippen MR) is 146 cm³/mol. The fraction of sp³-hybridized carbons (Fsp3) is 0.448. The van der Waals surface area contributed by atoms with Gasteiger partial charge in [-0.15, -0.1) is 0 Å². The van der Waals surface area contributed by atoms with Crippen molar-refractivity contribution in [1.29, 1.82) is 5.26 Å². The van der Waals surface area contributed by atoms with Crippen molar-refractivity contribution in [3.8, 4) is 28.9 Å². The minimum absolute atomic E-state index is 0.0871. The molecule has 3 heterocycles. The normalized spacial score (nSPS) is 23.5. The molecular formula is C29H31N5O4S. The third kappa shape index (κ3) is 5.28. The number of hydrogen-bond donors (Lipinski definition) is 1. The SMILES string of the molecule is N#CC1(NC(=O)[C@@H]2CCCC[C@H]2c2oc(-c3ccccn3)nc2-c2ccc(N3CCS(=O)(=O)CC3)cc2)CC1. The lowest BCUT2D eigenvalue weighted by molar-refractivity contribution is -0.127. The van der Waals surface area contributed by atoms with Gasteiger partial charge in [-0.3, -0.25) is 9.78 Å². The van der Waals surface area contributed by atoms with Crippen molar-refractivity contribution in [2.75, 3.05) is 29.5 Å². The number of benzene rings is 1. The van der Waals surface area contributed by atoms with Crippen LogP contribution < -0.4 is 10.2 Å². The minimum atomic E-state index is -2.96. The number of sulfone groups is 1. The Hall–Kier alpha value is -3.71. The summed E-state index contributed by atoms with van der Waals surface area (Å²) in [6.07, 6.45) is 6.54. The van der Waals surface area contributed by atoms with Gasteiger partial charge in [-0.2, -0.15) is 5.26 Å². The smallest absolute Gasteiger partial charge is 0.245 e. The van der Waals surface area contributed by atoms with E-state index < -0.39 is 15.4 Å². The molecule has 0 bridgehead atoms. The number of nitrogens with zero attached hydrogens (tertiary/aromatic N) is 4. The van der Waals surface area contributed by atoms with Gasteiger partial charge >= 0.3 is 0 Å². The highest BCUT2D eigenvalue weighted by atomic mass is 32.2. The lowest BCUT2D eigenvalue weighted by Crippen LogP contribution is -2.42. The first-order valence-electron chi connectivity index (χ1n) is 13.6. The van der Waals surface area contributed by atoms with Crippen LogP contribution in [0.3, 0.4) is 0 Å². The van der Waals surface area contributed by atoms with E-state index in [4.69, 9.17) is 9.40 Å². The van der Waals surface area contributed by atoms with Gasteiger partial charge in [0.1, 0.15) is 22.7 Å². The fourth-order valence-corrected chi connectivity index (χ4v) is 6.87. The number of anilines is 1. The van der Waals surface area contributed by atoms with E-state index in [-0.39, 0.29) is 29.2 Å². The van der Waals surface area contributed by atoms with E-state index >= 15 is 0 Å². The number of carbonyl (C=O) groups is 1. The predicted octanol–water partition coefficient (Wildman–Crippen LogP) is 4.08. The molecule has 3 aromatic rings. The molecule has 10 heteroatoms. The standard InChI is InChI=1S/C29H31N5O4S/c30-19-29(12-13-29)33-27(35)23-6-2-1-5-22(23)26-25(32-28(38-26)24-7-3-4-14-31-24)20-8-10-21(11-9-20)34-15-17-39(36,37)18-16-34/h3-4,7-11,14,22-23H,1-2,5-6,12-13,15-18H2,(H,33,35)/t22-,23-/m1/s1. The minimum Gasteiger partial charge on any atom is -0.439 e. The molecule has 1 saturated heterocycles. The van der Waals surface area contributed by atoms with E-state index in [9.17, 15) is 18.5 Å². The van der Waals surface area contributed by atoms with Crippen molar-refractivity contribution in [2.45, 2.75) is 50.0 Å². The molecule has 9 nitrogen and oxygen atoms in total. The first kappa shape index (κ1) is 25.6. The first-order chi connectivity index (χ1) is 18.9. The molecule has 1 amide bonds. The number of pyridine rings is 1. The number of nitrogens with one attached hydrogen (secondary N) is 1. The number of amides is 1. The number of carbonyl (C=O) groups excluding carboxylic acids is 1. The number of oxazole rings is 1. The van der Waals surface area contributed by atoms with Crippen LogP contribution in [0.4, 0.5) is 5.69 Å². The molecule has 202 valence electrons. The van der Waals surface area contributed by atoms with Crippen LogP contribution in [0.5, 0.6) is 0 Å². The van der Waals surface area contributed by atoms with Crippen molar-refractivity contribution >= 4 is 21.4 Å². The van der Waals surface area contributed by atoms with Crippen molar-refractivity contribution in [2.24, 2.45) is 5.92 Å². The monoisotopic (exact) mass is 545 g/mol. The van der Waals surface area contributed by atoms with Crippen LogP contribution >= 0.6 is 0 Å². The van der Waals surface area contributed by atoms with Gasteiger partial charge in [-0.05, 0) is 49.9 Å². The summed E-state index contributed by atoms with van der Waals surface area (Å²) in [6.45, 7) is 0.952. The molecule has 39 heavy (non-hydrogen) atoms. The summed E-state index contributed by atoms with van der Waals surface area (Å²) in [5.74, 6) is 0.848. The van der Waals surface area contributed by atoms with Crippen molar-refractivity contribution in [1.82, 2.24) is 15.3 Å². The van der Waals surface area contributed by atoms with Crippen LogP contribution in [0.1, 0.15) is 50.2 Å². The van der Waals surface area contributed by atoms with E-state index in [0.717, 1.165) is 36.9 Å². The Morgan fingerprint density at radius 1 is 1.08 bits per heavy atom. The molecular weight excluding hydrogens is 514 g/mol. The van der Waals surface area contributed by atoms with E-state index in [0.29, 0.717) is 49.0 Å². The Bertz CT molecular complexity index is 1490. The molecule has 3 aliphatic rings. The third-order valence-electron chi connectivity index (χ3n) is 8.15. The quantitative estimate of drug-likeness (QED) is 0.490. The number of aromatic nitrogens is 2. The highest BCUT2D eigenvalue weighted by Crippen LogP contribution is 2.44. The maximum absolute atomic E-state index is 13.4. The second kappa shape index (κ2) is 10.1. The van der Waals surface area contributed by atoms with Gasteiger partial charge in [0.05, 0.1) is 17.6 Å². The van der Waals surface area contributed by atoms with Crippen molar-refractivity contribution < 1.29 is 17.6 Å².